The van der Waals surface area contributed by atoms with Gasteiger partial charge >= 0.3 is 30.1 Å². The van der Waals surface area contributed by atoms with E-state index < -0.39 is 60.6 Å². The highest BCUT2D eigenvalue weighted by molar-refractivity contribution is 5.33. The molecule has 0 spiro atoms. The van der Waals surface area contributed by atoms with Crippen molar-refractivity contribution in [3.8, 4) is 0 Å². The quantitative estimate of drug-likeness (QED) is 0.390. The summed E-state index contributed by atoms with van der Waals surface area (Å²) in [5, 5.41) is 0. The van der Waals surface area contributed by atoms with Gasteiger partial charge in [0.15, 0.2) is 0 Å². The van der Waals surface area contributed by atoms with Gasteiger partial charge in [0.05, 0.1) is 0 Å². The molecule has 0 radical (unpaired) electrons. The van der Waals surface area contributed by atoms with Crippen molar-refractivity contribution < 1.29 is 57.1 Å². The lowest BCUT2D eigenvalue weighted by Crippen LogP contribution is -2.76. The Hall–Kier alpha value is -1.17. The molecule has 0 saturated carbocycles. The summed E-state index contributed by atoms with van der Waals surface area (Å²) in [6.07, 6.45) is -24.2. The highest BCUT2D eigenvalue weighted by Gasteiger charge is 2.93. The molecular formula is C12H9F13. The van der Waals surface area contributed by atoms with Crippen molar-refractivity contribution in [1.29, 1.82) is 0 Å². The van der Waals surface area contributed by atoms with Crippen LogP contribution in [-0.4, -0.2) is 35.8 Å². The number of hydrogen-bond donors (Lipinski definition) is 0. The minimum Gasteiger partial charge on any atom is -0.225 e. The summed E-state index contributed by atoms with van der Waals surface area (Å²) < 4.78 is 169. The van der Waals surface area contributed by atoms with Gasteiger partial charge in [0.25, 0.3) is 5.67 Å². The molecule has 25 heavy (non-hydrogen) atoms. The molecule has 0 aromatic carbocycles. The van der Waals surface area contributed by atoms with E-state index in [4.69, 9.17) is 0 Å². The molecule has 0 aromatic rings. The first-order valence-electron chi connectivity index (χ1n) is 6.51. The van der Waals surface area contributed by atoms with Crippen molar-refractivity contribution in [1.82, 2.24) is 0 Å². The van der Waals surface area contributed by atoms with Crippen LogP contribution in [0.1, 0.15) is 25.7 Å². The molecular weight excluding hydrogens is 391 g/mol. The Labute approximate surface area is 131 Å². The van der Waals surface area contributed by atoms with Gasteiger partial charge in [0, 0.05) is 0 Å². The molecule has 1 aliphatic carbocycles. The Morgan fingerprint density at radius 2 is 1.08 bits per heavy atom. The van der Waals surface area contributed by atoms with Gasteiger partial charge in [-0.05, 0) is 31.3 Å². The third kappa shape index (κ3) is 2.96. The number of hydrogen-bond acceptors (Lipinski definition) is 0. The van der Waals surface area contributed by atoms with Gasteiger partial charge in [-0.1, -0.05) is 6.08 Å². The van der Waals surface area contributed by atoms with Crippen molar-refractivity contribution in [2.75, 3.05) is 0 Å². The Morgan fingerprint density at radius 3 is 1.36 bits per heavy atom. The number of alkyl halides is 13. The first-order valence-corrected chi connectivity index (χ1v) is 6.51. The van der Waals surface area contributed by atoms with Crippen LogP contribution in [-0.2, 0) is 0 Å². The van der Waals surface area contributed by atoms with E-state index in [-0.39, 0.29) is 12.5 Å². The van der Waals surface area contributed by atoms with Gasteiger partial charge < -0.3 is 0 Å². The average molecular weight is 400 g/mol. The van der Waals surface area contributed by atoms with Crippen LogP contribution in [0.15, 0.2) is 11.6 Å². The maximum absolute atomic E-state index is 14.5. The highest BCUT2D eigenvalue weighted by Crippen LogP contribution is 2.64. The maximum Gasteiger partial charge on any atom is 0.457 e. The zero-order valence-electron chi connectivity index (χ0n) is 11.8. The van der Waals surface area contributed by atoms with Crippen LogP contribution in [0.5, 0.6) is 0 Å². The maximum atomic E-state index is 14.5. The van der Waals surface area contributed by atoms with E-state index >= 15 is 0 Å². The molecule has 1 aliphatic rings. The number of rotatable bonds is 3. The van der Waals surface area contributed by atoms with Gasteiger partial charge in [-0.25, -0.2) is 8.78 Å². The van der Waals surface area contributed by atoms with E-state index in [0.29, 0.717) is 0 Å². The minimum atomic E-state index is -7.71. The smallest absolute Gasteiger partial charge is 0.225 e. The molecule has 0 fully saturated rings. The van der Waals surface area contributed by atoms with E-state index in [1.165, 1.54) is 0 Å². The van der Waals surface area contributed by atoms with Gasteiger partial charge in [-0.3, -0.25) is 0 Å². The first-order chi connectivity index (χ1) is 10.9. The van der Waals surface area contributed by atoms with Gasteiger partial charge in [0.1, 0.15) is 0 Å². The molecule has 148 valence electrons. The lowest BCUT2D eigenvalue weighted by molar-refractivity contribution is -0.429. The zero-order valence-corrected chi connectivity index (χ0v) is 11.8. The molecule has 0 N–H and O–H groups in total. The fraction of sp³-hybridized carbons (Fsp3) is 0.833. The van der Waals surface area contributed by atoms with E-state index in [1.54, 1.807) is 0 Å². The van der Waals surface area contributed by atoms with Crippen molar-refractivity contribution in [3.05, 3.63) is 11.6 Å². The van der Waals surface area contributed by atoms with Gasteiger partial charge in [-0.2, -0.15) is 48.3 Å². The molecule has 0 saturated heterocycles. The minimum absolute atomic E-state index is 0.0123. The summed E-state index contributed by atoms with van der Waals surface area (Å²) in [7, 11) is 0. The molecule has 0 nitrogen and oxygen atoms in total. The predicted octanol–water partition coefficient (Wildman–Crippen LogP) is 6.23. The summed E-state index contributed by atoms with van der Waals surface area (Å²) in [5.41, 5.74) is -16.4. The lowest BCUT2D eigenvalue weighted by Gasteiger charge is -2.46. The highest BCUT2D eigenvalue weighted by atomic mass is 19.4. The standard InChI is InChI=1S/C12H9F13/c13-7(10(17,18)19,6-4-2-1-3-5-6)8(14,11(20,21)22)9(15,16)12(23,24)25/h4H,1-3,5H2. The van der Waals surface area contributed by atoms with Crippen LogP contribution in [0.25, 0.3) is 0 Å². The van der Waals surface area contributed by atoms with Crippen LogP contribution in [0.4, 0.5) is 57.1 Å². The molecule has 2 unspecified atom stereocenters. The lowest BCUT2D eigenvalue weighted by atomic mass is 9.71. The second-order valence-corrected chi connectivity index (χ2v) is 5.36. The summed E-state index contributed by atoms with van der Waals surface area (Å²) in [6, 6.07) is 0. The predicted molar refractivity (Wildman–Crippen MR) is 57.3 cm³/mol. The van der Waals surface area contributed by atoms with Crippen LogP contribution in [0.3, 0.4) is 0 Å². The SMILES string of the molecule is FC(F)(F)C(F)(F)C(F)(C(F)(F)F)C(F)(C1=CCCCC1)C(F)(F)F. The largest absolute Gasteiger partial charge is 0.457 e. The number of allylic oxidation sites excluding steroid dienone is 2. The molecule has 0 heterocycles. The second kappa shape index (κ2) is 5.93. The van der Waals surface area contributed by atoms with E-state index in [2.05, 4.69) is 0 Å². The fourth-order valence-corrected chi connectivity index (χ4v) is 2.53. The fourth-order valence-electron chi connectivity index (χ4n) is 2.53. The molecule has 0 aliphatic heterocycles. The van der Waals surface area contributed by atoms with Crippen LogP contribution in [0, 0.1) is 0 Å². The number of halogens is 13. The zero-order chi connectivity index (χ0) is 20.1. The molecule has 13 heteroatoms. The van der Waals surface area contributed by atoms with E-state index in [1.807, 2.05) is 0 Å². The molecule has 0 amide bonds. The Morgan fingerprint density at radius 1 is 0.600 bits per heavy atom. The Kier molecular flexibility index (Phi) is 5.19. The van der Waals surface area contributed by atoms with Crippen LogP contribution < -0.4 is 0 Å². The van der Waals surface area contributed by atoms with Gasteiger partial charge in [-0.15, -0.1) is 0 Å². The molecule has 0 aromatic heterocycles. The summed E-state index contributed by atoms with van der Waals surface area (Å²) in [6.45, 7) is 0. The van der Waals surface area contributed by atoms with Crippen LogP contribution in [0.2, 0.25) is 0 Å². The molecule has 0 bridgehead atoms. The monoisotopic (exact) mass is 400 g/mol. The molecule has 2 atom stereocenters. The van der Waals surface area contributed by atoms with E-state index in [0.717, 1.165) is 0 Å². The topological polar surface area (TPSA) is 0 Å². The second-order valence-electron chi connectivity index (χ2n) is 5.36. The average Bonchev–Trinajstić information content (AvgIpc) is 2.42. The summed E-state index contributed by atoms with van der Waals surface area (Å²) >= 11 is 0. The third-order valence-corrected chi connectivity index (χ3v) is 3.78. The normalized spacial score (nSPS) is 22.8. The van der Waals surface area contributed by atoms with Crippen molar-refractivity contribution >= 4 is 0 Å². The Bertz CT molecular complexity index is 523. The third-order valence-electron chi connectivity index (χ3n) is 3.78. The first kappa shape index (κ1) is 21.9. The summed E-state index contributed by atoms with van der Waals surface area (Å²) in [4.78, 5) is 0. The van der Waals surface area contributed by atoms with Crippen LogP contribution >= 0.6 is 0 Å². The Balaban J connectivity index is 3.90. The van der Waals surface area contributed by atoms with Gasteiger partial charge in [0.2, 0.25) is 0 Å². The van der Waals surface area contributed by atoms with E-state index in [9.17, 15) is 57.1 Å². The molecule has 1 rings (SSSR count). The van der Waals surface area contributed by atoms with Crippen molar-refractivity contribution in [2.24, 2.45) is 0 Å². The van der Waals surface area contributed by atoms with Crippen molar-refractivity contribution in [3.63, 3.8) is 0 Å². The van der Waals surface area contributed by atoms with Crippen molar-refractivity contribution in [2.45, 2.75) is 61.5 Å². The summed E-state index contributed by atoms with van der Waals surface area (Å²) in [5.74, 6) is -7.71.